The number of benzene rings is 2. The second kappa shape index (κ2) is 5.22. The number of hydrogen-bond donors (Lipinski definition) is 0. The first kappa shape index (κ1) is 13.1. The second-order valence-electron chi connectivity index (χ2n) is 4.74. The maximum atomic E-state index is 13.0. The highest BCUT2D eigenvalue weighted by Gasteiger charge is 2.09. The first-order valence-corrected chi connectivity index (χ1v) is 6.48. The molecule has 0 aliphatic heterocycles. The molecule has 0 atom stereocenters. The fourth-order valence-electron chi connectivity index (χ4n) is 2.25. The van der Waals surface area contributed by atoms with Crippen molar-refractivity contribution in [3.63, 3.8) is 0 Å². The van der Waals surface area contributed by atoms with E-state index >= 15 is 0 Å². The Balaban J connectivity index is 2.05. The van der Waals surface area contributed by atoms with Crippen molar-refractivity contribution >= 4 is 0 Å². The van der Waals surface area contributed by atoms with Crippen LogP contribution in [0.5, 0.6) is 0 Å². The van der Waals surface area contributed by atoms with E-state index in [0.29, 0.717) is 5.56 Å². The van der Waals surface area contributed by atoms with Crippen LogP contribution in [0.25, 0.3) is 22.5 Å². The van der Waals surface area contributed by atoms with E-state index in [4.69, 9.17) is 5.26 Å². The molecule has 0 radical (unpaired) electrons. The van der Waals surface area contributed by atoms with Gasteiger partial charge in [-0.1, -0.05) is 12.1 Å². The summed E-state index contributed by atoms with van der Waals surface area (Å²) in [6.45, 7) is 0. The Hall–Kier alpha value is -2.93. The number of nitriles is 1. The Kier molecular flexibility index (Phi) is 3.25. The molecule has 0 bridgehead atoms. The minimum atomic E-state index is -0.261. The normalized spacial score (nSPS) is 10.3. The number of aryl methyl sites for hydroxylation is 1. The van der Waals surface area contributed by atoms with Crippen molar-refractivity contribution in [3.8, 4) is 28.6 Å². The lowest BCUT2D eigenvalue weighted by atomic mass is 10.1. The maximum Gasteiger partial charge on any atom is 0.123 e. The van der Waals surface area contributed by atoms with Crippen LogP contribution in [0.1, 0.15) is 5.56 Å². The van der Waals surface area contributed by atoms with Gasteiger partial charge >= 0.3 is 0 Å². The van der Waals surface area contributed by atoms with E-state index in [0.717, 1.165) is 22.5 Å². The van der Waals surface area contributed by atoms with E-state index in [1.807, 2.05) is 25.2 Å². The Morgan fingerprint density at radius 3 is 2.52 bits per heavy atom. The number of hydrogen-bond acceptors (Lipinski definition) is 2. The monoisotopic (exact) mass is 277 g/mol. The van der Waals surface area contributed by atoms with Crippen molar-refractivity contribution in [3.05, 3.63) is 66.0 Å². The van der Waals surface area contributed by atoms with Crippen molar-refractivity contribution in [2.75, 3.05) is 0 Å². The topological polar surface area (TPSA) is 41.6 Å². The zero-order chi connectivity index (χ0) is 14.8. The summed E-state index contributed by atoms with van der Waals surface area (Å²) >= 11 is 0. The van der Waals surface area contributed by atoms with Gasteiger partial charge in [0.1, 0.15) is 5.82 Å². The van der Waals surface area contributed by atoms with Gasteiger partial charge in [0.2, 0.25) is 0 Å². The molecule has 0 amide bonds. The Labute approximate surface area is 121 Å². The molecule has 0 aliphatic rings. The molecule has 3 rings (SSSR count). The summed E-state index contributed by atoms with van der Waals surface area (Å²) in [7, 11) is 1.84. The zero-order valence-electron chi connectivity index (χ0n) is 11.4. The van der Waals surface area contributed by atoms with Crippen molar-refractivity contribution in [2.45, 2.75) is 0 Å². The van der Waals surface area contributed by atoms with Gasteiger partial charge in [-0.25, -0.2) is 4.39 Å². The predicted molar refractivity (Wildman–Crippen MR) is 78.8 cm³/mol. The molecule has 102 valence electrons. The fraction of sp³-hybridized carbons (Fsp3) is 0.0588. The van der Waals surface area contributed by atoms with E-state index in [1.165, 1.54) is 12.1 Å². The molecule has 0 unspecified atom stereocenters. The summed E-state index contributed by atoms with van der Waals surface area (Å²) in [4.78, 5) is 0. The van der Waals surface area contributed by atoms with E-state index in [9.17, 15) is 4.39 Å². The van der Waals surface area contributed by atoms with E-state index in [2.05, 4.69) is 11.2 Å². The molecule has 0 saturated heterocycles. The molecule has 0 spiro atoms. The molecule has 0 N–H and O–H groups in total. The van der Waals surface area contributed by atoms with Crippen LogP contribution < -0.4 is 0 Å². The molecule has 1 aromatic heterocycles. The first-order valence-electron chi connectivity index (χ1n) is 6.48. The largest absolute Gasteiger partial charge is 0.267 e. The van der Waals surface area contributed by atoms with Gasteiger partial charge in [0, 0.05) is 12.6 Å². The van der Waals surface area contributed by atoms with E-state index < -0.39 is 0 Å². The number of halogens is 1. The first-order chi connectivity index (χ1) is 10.2. The van der Waals surface area contributed by atoms with Gasteiger partial charge in [-0.15, -0.1) is 0 Å². The third-order valence-electron chi connectivity index (χ3n) is 3.31. The summed E-state index contributed by atoms with van der Waals surface area (Å²) < 4.78 is 14.8. The quantitative estimate of drug-likeness (QED) is 0.715. The fourth-order valence-corrected chi connectivity index (χ4v) is 2.25. The molecule has 1 heterocycles. The Morgan fingerprint density at radius 1 is 1.05 bits per heavy atom. The van der Waals surface area contributed by atoms with Gasteiger partial charge in [-0.05, 0) is 48.0 Å². The van der Waals surface area contributed by atoms with Crippen LogP contribution in [0.4, 0.5) is 4.39 Å². The SMILES string of the molecule is Cn1nc(-c2cccc(C#N)c2)cc1-c1ccc(F)cc1. The number of aromatic nitrogens is 2. The van der Waals surface area contributed by atoms with Crippen molar-refractivity contribution in [2.24, 2.45) is 7.05 Å². The molecular formula is C17H12FN3. The molecule has 0 saturated carbocycles. The lowest BCUT2D eigenvalue weighted by Crippen LogP contribution is -1.93. The molecule has 3 aromatic rings. The molecule has 0 fully saturated rings. The predicted octanol–water partition coefficient (Wildman–Crippen LogP) is 3.76. The van der Waals surface area contributed by atoms with Crippen molar-refractivity contribution < 1.29 is 4.39 Å². The summed E-state index contributed by atoms with van der Waals surface area (Å²) in [5.41, 5.74) is 4.06. The molecule has 0 aliphatic carbocycles. The molecule has 4 heteroatoms. The average Bonchev–Trinajstić information content (AvgIpc) is 2.90. The average molecular weight is 277 g/mol. The summed E-state index contributed by atoms with van der Waals surface area (Å²) in [5.74, 6) is -0.261. The van der Waals surface area contributed by atoms with E-state index in [-0.39, 0.29) is 5.82 Å². The van der Waals surface area contributed by atoms with Crippen LogP contribution >= 0.6 is 0 Å². The van der Waals surface area contributed by atoms with Gasteiger partial charge in [0.15, 0.2) is 0 Å². The number of nitrogens with zero attached hydrogens (tertiary/aromatic N) is 3. The maximum absolute atomic E-state index is 13.0. The third-order valence-corrected chi connectivity index (χ3v) is 3.31. The Bertz CT molecular complexity index is 826. The highest BCUT2D eigenvalue weighted by atomic mass is 19.1. The molecule has 3 nitrogen and oxygen atoms in total. The van der Waals surface area contributed by atoms with Crippen molar-refractivity contribution in [1.29, 1.82) is 5.26 Å². The van der Waals surface area contributed by atoms with Crippen LogP contribution in [0.2, 0.25) is 0 Å². The molecular weight excluding hydrogens is 265 g/mol. The minimum Gasteiger partial charge on any atom is -0.267 e. The van der Waals surface area contributed by atoms with Crippen LogP contribution in [0, 0.1) is 17.1 Å². The Morgan fingerprint density at radius 2 is 1.81 bits per heavy atom. The second-order valence-corrected chi connectivity index (χ2v) is 4.74. The van der Waals surface area contributed by atoms with Crippen molar-refractivity contribution in [1.82, 2.24) is 9.78 Å². The highest BCUT2D eigenvalue weighted by molar-refractivity contribution is 5.69. The van der Waals surface area contributed by atoms with Crippen LogP contribution in [-0.2, 0) is 7.05 Å². The van der Waals surface area contributed by atoms with Crippen LogP contribution in [0.3, 0.4) is 0 Å². The minimum absolute atomic E-state index is 0.261. The summed E-state index contributed by atoms with van der Waals surface area (Å²) in [5, 5.41) is 13.4. The van der Waals surface area contributed by atoms with Gasteiger partial charge in [-0.2, -0.15) is 10.4 Å². The molecule has 21 heavy (non-hydrogen) atoms. The molecule has 2 aromatic carbocycles. The summed E-state index contributed by atoms with van der Waals surface area (Å²) in [6.07, 6.45) is 0. The summed E-state index contributed by atoms with van der Waals surface area (Å²) in [6, 6.07) is 17.7. The lowest BCUT2D eigenvalue weighted by molar-refractivity contribution is 0.628. The van der Waals surface area contributed by atoms with Crippen LogP contribution in [0.15, 0.2) is 54.6 Å². The van der Waals surface area contributed by atoms with Crippen LogP contribution in [-0.4, -0.2) is 9.78 Å². The highest BCUT2D eigenvalue weighted by Crippen LogP contribution is 2.26. The van der Waals surface area contributed by atoms with Gasteiger partial charge in [-0.3, -0.25) is 4.68 Å². The van der Waals surface area contributed by atoms with E-state index in [1.54, 1.807) is 28.9 Å². The third kappa shape index (κ3) is 2.54. The standard InChI is InChI=1S/C17H12FN3/c1-21-17(13-5-7-15(18)8-6-13)10-16(20-21)14-4-2-3-12(9-14)11-19/h2-10H,1H3. The van der Waals surface area contributed by atoms with Gasteiger partial charge < -0.3 is 0 Å². The zero-order valence-corrected chi connectivity index (χ0v) is 11.4. The lowest BCUT2D eigenvalue weighted by Gasteiger charge is -2.00. The number of rotatable bonds is 2. The van der Waals surface area contributed by atoms with Gasteiger partial charge in [0.05, 0.1) is 23.0 Å². The smallest absolute Gasteiger partial charge is 0.123 e. The van der Waals surface area contributed by atoms with Gasteiger partial charge in [0.25, 0.3) is 0 Å².